The van der Waals surface area contributed by atoms with Crippen molar-refractivity contribution in [2.45, 2.75) is 39.2 Å². The van der Waals surface area contributed by atoms with Gasteiger partial charge in [0, 0.05) is 12.8 Å². The van der Waals surface area contributed by atoms with Gasteiger partial charge in [-0.15, -0.1) is 0 Å². The van der Waals surface area contributed by atoms with E-state index < -0.39 is 0 Å². The van der Waals surface area contributed by atoms with E-state index in [4.69, 9.17) is 4.74 Å². The fourth-order valence-electron chi connectivity index (χ4n) is 4.28. The minimum atomic E-state index is -0.0885. The molecule has 0 radical (unpaired) electrons. The van der Waals surface area contributed by atoms with Crippen LogP contribution in [0, 0.1) is 23.2 Å². The number of hydrogen-bond donors (Lipinski definition) is 0. The van der Waals surface area contributed by atoms with E-state index in [-0.39, 0.29) is 5.97 Å². The first-order valence-corrected chi connectivity index (χ1v) is 5.36. The number of carbonyl (C=O) groups excluding carboxylic acids is 1. The minimum Gasteiger partial charge on any atom is -0.462 e. The molecule has 0 saturated heterocycles. The standard InChI is InChI=1S/C11H16O2/c1-3-11-5-7-4-8(11)9(11)10(7)13-6(2)12/h7-10H,3-5H2,1-2H3. The maximum Gasteiger partial charge on any atom is 0.302 e. The summed E-state index contributed by atoms with van der Waals surface area (Å²) in [5.74, 6) is 2.27. The molecule has 0 aromatic rings. The zero-order valence-electron chi connectivity index (χ0n) is 8.25. The van der Waals surface area contributed by atoms with Crippen LogP contribution in [-0.4, -0.2) is 12.1 Å². The molecule has 4 rings (SSSR count). The van der Waals surface area contributed by atoms with Crippen LogP contribution in [0.4, 0.5) is 0 Å². The molecule has 4 fully saturated rings. The van der Waals surface area contributed by atoms with Crippen molar-refractivity contribution in [3.8, 4) is 0 Å². The molecule has 0 aromatic heterocycles. The van der Waals surface area contributed by atoms with Gasteiger partial charge < -0.3 is 4.74 Å². The Labute approximate surface area is 78.6 Å². The highest BCUT2D eigenvalue weighted by Gasteiger charge is 2.78. The van der Waals surface area contributed by atoms with Gasteiger partial charge >= 0.3 is 5.97 Å². The molecular weight excluding hydrogens is 164 g/mol. The number of ether oxygens (including phenoxy) is 1. The smallest absolute Gasteiger partial charge is 0.302 e. The Morgan fingerprint density at radius 1 is 1.62 bits per heavy atom. The summed E-state index contributed by atoms with van der Waals surface area (Å²) in [4.78, 5) is 10.9. The van der Waals surface area contributed by atoms with E-state index in [2.05, 4.69) is 6.92 Å². The molecule has 4 saturated carbocycles. The fourth-order valence-corrected chi connectivity index (χ4v) is 4.28. The van der Waals surface area contributed by atoms with Crippen molar-refractivity contribution in [2.24, 2.45) is 23.2 Å². The van der Waals surface area contributed by atoms with E-state index in [1.807, 2.05) is 0 Å². The van der Waals surface area contributed by atoms with Crippen molar-refractivity contribution in [2.75, 3.05) is 0 Å². The highest BCUT2D eigenvalue weighted by Crippen LogP contribution is 2.80. The van der Waals surface area contributed by atoms with Crippen LogP contribution in [0.3, 0.4) is 0 Å². The Morgan fingerprint density at radius 2 is 2.38 bits per heavy atom. The molecule has 2 nitrogen and oxygen atoms in total. The zero-order chi connectivity index (χ0) is 9.22. The van der Waals surface area contributed by atoms with Crippen LogP contribution in [-0.2, 0) is 9.53 Å². The van der Waals surface area contributed by atoms with Crippen molar-refractivity contribution in [3.63, 3.8) is 0 Å². The molecule has 0 spiro atoms. The van der Waals surface area contributed by atoms with Crippen molar-refractivity contribution in [1.82, 2.24) is 0 Å². The topological polar surface area (TPSA) is 26.3 Å². The number of carbonyl (C=O) groups is 1. The van der Waals surface area contributed by atoms with E-state index in [1.165, 1.54) is 26.2 Å². The lowest BCUT2D eigenvalue weighted by Crippen LogP contribution is -2.19. The van der Waals surface area contributed by atoms with Crippen LogP contribution < -0.4 is 0 Å². The van der Waals surface area contributed by atoms with Crippen LogP contribution in [0.25, 0.3) is 0 Å². The second kappa shape index (κ2) is 2.10. The van der Waals surface area contributed by atoms with Crippen LogP contribution in [0.5, 0.6) is 0 Å². The summed E-state index contributed by atoms with van der Waals surface area (Å²) in [6, 6.07) is 0. The van der Waals surface area contributed by atoms with Crippen LogP contribution >= 0.6 is 0 Å². The number of esters is 1. The Morgan fingerprint density at radius 3 is 2.85 bits per heavy atom. The lowest BCUT2D eigenvalue weighted by atomic mass is 10.0. The molecule has 0 aromatic carbocycles. The molecule has 4 bridgehead atoms. The molecule has 0 heterocycles. The second-order valence-electron chi connectivity index (χ2n) is 4.99. The average Bonchev–Trinajstić information content (AvgIpc) is 2.48. The fraction of sp³-hybridized carbons (Fsp3) is 0.909. The maximum atomic E-state index is 10.9. The van der Waals surface area contributed by atoms with Gasteiger partial charge in [-0.1, -0.05) is 6.92 Å². The molecule has 2 heteroatoms. The van der Waals surface area contributed by atoms with Gasteiger partial charge in [-0.3, -0.25) is 4.79 Å². The van der Waals surface area contributed by atoms with Gasteiger partial charge in [0.15, 0.2) is 0 Å². The quantitative estimate of drug-likeness (QED) is 0.607. The first-order valence-electron chi connectivity index (χ1n) is 5.36. The third kappa shape index (κ3) is 0.733. The summed E-state index contributed by atoms with van der Waals surface area (Å²) in [6.07, 6.45) is 4.24. The summed E-state index contributed by atoms with van der Waals surface area (Å²) in [5, 5.41) is 0. The second-order valence-corrected chi connectivity index (χ2v) is 4.99. The summed E-state index contributed by atoms with van der Waals surface area (Å²) in [7, 11) is 0. The van der Waals surface area contributed by atoms with Gasteiger partial charge in [0.1, 0.15) is 6.10 Å². The van der Waals surface area contributed by atoms with Gasteiger partial charge in [-0.2, -0.15) is 0 Å². The Balaban J connectivity index is 1.80. The molecule has 4 aliphatic rings. The van der Waals surface area contributed by atoms with Gasteiger partial charge in [-0.05, 0) is 36.5 Å². The SMILES string of the molecule is CCC12CC3CC1C2C3OC(C)=O. The molecule has 72 valence electrons. The highest BCUT2D eigenvalue weighted by atomic mass is 16.5. The molecule has 0 N–H and O–H groups in total. The van der Waals surface area contributed by atoms with Gasteiger partial charge in [-0.25, -0.2) is 0 Å². The van der Waals surface area contributed by atoms with E-state index in [9.17, 15) is 4.79 Å². The van der Waals surface area contributed by atoms with Crippen molar-refractivity contribution in [3.05, 3.63) is 0 Å². The predicted molar refractivity (Wildman–Crippen MR) is 48.0 cm³/mol. The van der Waals surface area contributed by atoms with Crippen molar-refractivity contribution >= 4 is 5.97 Å². The number of hydrogen-bond acceptors (Lipinski definition) is 2. The normalized spacial score (nSPS) is 55.2. The molecule has 0 amide bonds. The summed E-state index contributed by atoms with van der Waals surface area (Å²) < 4.78 is 5.41. The monoisotopic (exact) mass is 180 g/mol. The van der Waals surface area contributed by atoms with Crippen LogP contribution in [0.1, 0.15) is 33.1 Å². The lowest BCUT2D eigenvalue weighted by Gasteiger charge is -2.13. The molecule has 4 aliphatic carbocycles. The molecule has 13 heavy (non-hydrogen) atoms. The number of rotatable bonds is 2. The Bertz CT molecular complexity index is 273. The lowest BCUT2D eigenvalue weighted by molar-refractivity contribution is -0.148. The average molecular weight is 180 g/mol. The Hall–Kier alpha value is -0.530. The third-order valence-electron chi connectivity index (χ3n) is 4.70. The molecule has 5 atom stereocenters. The van der Waals surface area contributed by atoms with Gasteiger partial charge in [0.2, 0.25) is 0 Å². The zero-order valence-corrected chi connectivity index (χ0v) is 8.25. The van der Waals surface area contributed by atoms with E-state index >= 15 is 0 Å². The van der Waals surface area contributed by atoms with E-state index in [0.29, 0.717) is 17.4 Å². The third-order valence-corrected chi connectivity index (χ3v) is 4.70. The van der Waals surface area contributed by atoms with E-state index in [0.717, 1.165) is 11.8 Å². The van der Waals surface area contributed by atoms with Gasteiger partial charge in [0.25, 0.3) is 0 Å². The summed E-state index contributed by atoms with van der Waals surface area (Å²) in [5.41, 5.74) is 0.616. The first-order chi connectivity index (χ1) is 6.19. The summed E-state index contributed by atoms with van der Waals surface area (Å²) in [6.45, 7) is 3.82. The maximum absolute atomic E-state index is 10.9. The largest absolute Gasteiger partial charge is 0.462 e. The minimum absolute atomic E-state index is 0.0885. The van der Waals surface area contributed by atoms with Crippen LogP contribution in [0.2, 0.25) is 0 Å². The molecule has 0 aliphatic heterocycles. The van der Waals surface area contributed by atoms with Gasteiger partial charge in [0.05, 0.1) is 0 Å². The van der Waals surface area contributed by atoms with Crippen molar-refractivity contribution < 1.29 is 9.53 Å². The summed E-state index contributed by atoms with van der Waals surface area (Å²) >= 11 is 0. The molecular formula is C11H16O2. The highest BCUT2D eigenvalue weighted by molar-refractivity contribution is 5.66. The van der Waals surface area contributed by atoms with Crippen molar-refractivity contribution in [1.29, 1.82) is 0 Å². The van der Waals surface area contributed by atoms with Crippen LogP contribution in [0.15, 0.2) is 0 Å². The molecule has 5 unspecified atom stereocenters. The first kappa shape index (κ1) is 7.84. The van der Waals surface area contributed by atoms with E-state index in [1.54, 1.807) is 0 Å². The predicted octanol–water partition coefficient (Wildman–Crippen LogP) is 1.98. The Kier molecular flexibility index (Phi) is 1.27.